The van der Waals surface area contributed by atoms with E-state index in [2.05, 4.69) is 15.0 Å². The van der Waals surface area contributed by atoms with Crippen LogP contribution in [0.1, 0.15) is 22.7 Å². The van der Waals surface area contributed by atoms with Gasteiger partial charge in [-0.25, -0.2) is 13.8 Å². The van der Waals surface area contributed by atoms with Crippen molar-refractivity contribution in [1.29, 1.82) is 0 Å². The largest absolute Gasteiger partial charge is 0.475 e. The van der Waals surface area contributed by atoms with Gasteiger partial charge in [0, 0.05) is 0 Å². The van der Waals surface area contributed by atoms with Crippen molar-refractivity contribution in [2.45, 2.75) is 6.04 Å². The number of benzene rings is 3. The highest BCUT2D eigenvalue weighted by Crippen LogP contribution is 2.29. The van der Waals surface area contributed by atoms with Gasteiger partial charge in [-0.05, 0) is 34.4 Å². The van der Waals surface area contributed by atoms with Gasteiger partial charge in [-0.15, -0.1) is 0 Å². The van der Waals surface area contributed by atoms with Crippen LogP contribution in [0.15, 0.2) is 76.9 Å². The summed E-state index contributed by atoms with van der Waals surface area (Å²) in [6.07, 6.45) is 1.64. The lowest BCUT2D eigenvalue weighted by Crippen LogP contribution is -2.07. The molecule has 0 saturated heterocycles. The summed E-state index contributed by atoms with van der Waals surface area (Å²) in [4.78, 5) is 9.06. The van der Waals surface area contributed by atoms with E-state index in [1.54, 1.807) is 6.21 Å². The molecule has 0 fully saturated rings. The Hall–Kier alpha value is -3.54. The highest BCUT2D eigenvalue weighted by atomic mass is 19.1. The van der Waals surface area contributed by atoms with Gasteiger partial charge in [-0.3, -0.25) is 0 Å². The molecule has 29 heavy (non-hydrogen) atoms. The summed E-state index contributed by atoms with van der Waals surface area (Å²) in [5.41, 5.74) is 3.75. The minimum atomic E-state index is -0.682. The van der Waals surface area contributed by atoms with E-state index in [-0.39, 0.29) is 24.1 Å². The van der Waals surface area contributed by atoms with Crippen LogP contribution in [-0.2, 0) is 9.57 Å². The van der Waals surface area contributed by atoms with E-state index in [0.29, 0.717) is 0 Å². The van der Waals surface area contributed by atoms with E-state index in [4.69, 9.17) is 4.74 Å². The third-order valence-corrected chi connectivity index (χ3v) is 4.67. The van der Waals surface area contributed by atoms with E-state index >= 15 is 0 Å². The molecule has 0 N–H and O–H groups in total. The summed E-state index contributed by atoms with van der Waals surface area (Å²) >= 11 is 0. The predicted molar refractivity (Wildman–Crippen MR) is 108 cm³/mol. The Bertz CT molecular complexity index is 1040. The molecule has 3 aromatic rings. The fraction of sp³-hybridized carbons (Fsp3) is 0.130. The number of oxime groups is 1. The molecule has 1 heterocycles. The van der Waals surface area contributed by atoms with Crippen molar-refractivity contribution in [2.24, 2.45) is 10.1 Å². The summed E-state index contributed by atoms with van der Waals surface area (Å²) in [6, 6.07) is 19.2. The topological polar surface area (TPSA) is 43.2 Å². The SMILES string of the molecule is CON=Cc1ccc(-c2ccc(C3COC(c4c(F)cccc4F)=N3)cc2)cc1. The lowest BCUT2D eigenvalue weighted by atomic mass is 10.0. The zero-order valence-electron chi connectivity index (χ0n) is 15.7. The van der Waals surface area contributed by atoms with E-state index in [1.165, 1.54) is 25.3 Å². The van der Waals surface area contributed by atoms with Gasteiger partial charge >= 0.3 is 0 Å². The summed E-state index contributed by atoms with van der Waals surface area (Å²) in [5, 5.41) is 3.74. The van der Waals surface area contributed by atoms with Gasteiger partial charge in [-0.1, -0.05) is 59.8 Å². The summed E-state index contributed by atoms with van der Waals surface area (Å²) < 4.78 is 33.4. The molecule has 1 unspecified atom stereocenters. The molecule has 0 saturated carbocycles. The molecule has 0 amide bonds. The first kappa shape index (κ1) is 18.8. The third kappa shape index (κ3) is 4.01. The first-order valence-electron chi connectivity index (χ1n) is 9.07. The van der Waals surface area contributed by atoms with Gasteiger partial charge in [0.05, 0.1) is 6.21 Å². The summed E-state index contributed by atoms with van der Waals surface area (Å²) in [5.74, 6) is -1.36. The van der Waals surface area contributed by atoms with Gasteiger partial charge < -0.3 is 9.57 Å². The van der Waals surface area contributed by atoms with E-state index in [0.717, 1.165) is 22.3 Å². The number of aliphatic imine (C=N–C) groups is 1. The summed E-state index contributed by atoms with van der Waals surface area (Å²) in [7, 11) is 1.50. The Morgan fingerprint density at radius 2 is 1.59 bits per heavy atom. The zero-order valence-corrected chi connectivity index (χ0v) is 15.7. The van der Waals surface area contributed by atoms with Crippen molar-refractivity contribution in [3.8, 4) is 11.1 Å². The molecule has 1 aliphatic rings. The molecule has 0 radical (unpaired) electrons. The quantitative estimate of drug-likeness (QED) is 0.446. The van der Waals surface area contributed by atoms with Crippen LogP contribution in [0, 0.1) is 11.6 Å². The van der Waals surface area contributed by atoms with Crippen LogP contribution in [0.4, 0.5) is 8.78 Å². The van der Waals surface area contributed by atoms with Crippen LogP contribution in [0.2, 0.25) is 0 Å². The molecule has 0 bridgehead atoms. The first-order chi connectivity index (χ1) is 14.2. The maximum atomic E-state index is 14.0. The molecule has 4 rings (SSSR count). The lowest BCUT2D eigenvalue weighted by Gasteiger charge is -2.07. The Kier molecular flexibility index (Phi) is 5.33. The zero-order chi connectivity index (χ0) is 20.2. The third-order valence-electron chi connectivity index (χ3n) is 4.67. The van der Waals surface area contributed by atoms with Crippen molar-refractivity contribution in [1.82, 2.24) is 0 Å². The fourth-order valence-electron chi connectivity index (χ4n) is 3.16. The van der Waals surface area contributed by atoms with Crippen LogP contribution in [0.5, 0.6) is 0 Å². The highest BCUT2D eigenvalue weighted by molar-refractivity contribution is 5.95. The van der Waals surface area contributed by atoms with Crippen molar-refractivity contribution in [3.05, 3.63) is 95.1 Å². The number of hydrogen-bond acceptors (Lipinski definition) is 4. The molecule has 0 spiro atoms. The molecule has 1 aliphatic heterocycles. The van der Waals surface area contributed by atoms with E-state index < -0.39 is 11.6 Å². The second kappa shape index (κ2) is 8.22. The second-order valence-corrected chi connectivity index (χ2v) is 6.52. The number of rotatable bonds is 5. The van der Waals surface area contributed by atoms with Gasteiger partial charge in [-0.2, -0.15) is 0 Å². The minimum absolute atomic E-state index is 0.00277. The Morgan fingerprint density at radius 3 is 2.21 bits per heavy atom. The molecule has 0 aliphatic carbocycles. The van der Waals surface area contributed by atoms with Gasteiger partial charge in [0.2, 0.25) is 5.90 Å². The second-order valence-electron chi connectivity index (χ2n) is 6.52. The number of ether oxygens (including phenoxy) is 1. The van der Waals surface area contributed by atoms with Crippen LogP contribution in [-0.4, -0.2) is 25.8 Å². The maximum Gasteiger partial charge on any atom is 0.222 e. The van der Waals surface area contributed by atoms with E-state index in [9.17, 15) is 8.78 Å². The van der Waals surface area contributed by atoms with Crippen LogP contribution >= 0.6 is 0 Å². The highest BCUT2D eigenvalue weighted by Gasteiger charge is 2.26. The van der Waals surface area contributed by atoms with Gasteiger partial charge in [0.15, 0.2) is 0 Å². The normalized spacial score (nSPS) is 16.0. The molecule has 6 heteroatoms. The molecular weight excluding hydrogens is 374 g/mol. The van der Waals surface area contributed by atoms with Crippen molar-refractivity contribution in [3.63, 3.8) is 0 Å². The Balaban J connectivity index is 1.53. The average Bonchev–Trinajstić information content (AvgIpc) is 3.22. The lowest BCUT2D eigenvalue weighted by molar-refractivity contribution is 0.215. The molecule has 1 atom stereocenters. The van der Waals surface area contributed by atoms with Crippen molar-refractivity contribution in [2.75, 3.05) is 13.7 Å². The maximum absolute atomic E-state index is 14.0. The van der Waals surface area contributed by atoms with Gasteiger partial charge in [0.1, 0.15) is 37.0 Å². The number of nitrogens with zero attached hydrogens (tertiary/aromatic N) is 2. The molecule has 4 nitrogen and oxygen atoms in total. The van der Waals surface area contributed by atoms with E-state index in [1.807, 2.05) is 48.5 Å². The Labute approximate surface area is 167 Å². The smallest absolute Gasteiger partial charge is 0.222 e. The van der Waals surface area contributed by atoms with Gasteiger partial charge in [0.25, 0.3) is 0 Å². The molecule has 0 aromatic heterocycles. The van der Waals surface area contributed by atoms with Crippen LogP contribution in [0.3, 0.4) is 0 Å². The molecule has 146 valence electrons. The number of hydrogen-bond donors (Lipinski definition) is 0. The van der Waals surface area contributed by atoms with Crippen LogP contribution in [0.25, 0.3) is 11.1 Å². The fourth-order valence-corrected chi connectivity index (χ4v) is 3.16. The first-order valence-corrected chi connectivity index (χ1v) is 9.07. The monoisotopic (exact) mass is 392 g/mol. The van der Waals surface area contributed by atoms with Crippen molar-refractivity contribution < 1.29 is 18.4 Å². The van der Waals surface area contributed by atoms with Crippen molar-refractivity contribution >= 4 is 12.1 Å². The average molecular weight is 392 g/mol. The predicted octanol–water partition coefficient (Wildman–Crippen LogP) is 5.13. The standard InChI is InChI=1S/C23H18F2N2O2/c1-28-26-13-15-5-7-16(8-6-15)17-9-11-18(12-10-17)21-14-29-23(27-21)22-19(24)3-2-4-20(22)25/h2-13,21H,14H2,1H3. The molecular formula is C23H18F2N2O2. The molecule has 3 aromatic carbocycles. The minimum Gasteiger partial charge on any atom is -0.475 e. The summed E-state index contributed by atoms with van der Waals surface area (Å²) in [6.45, 7) is 0.246. The van der Waals surface area contributed by atoms with Crippen LogP contribution < -0.4 is 0 Å². The number of halogens is 2. The Morgan fingerprint density at radius 1 is 0.966 bits per heavy atom.